The molecule has 5 nitrogen and oxygen atoms in total. The highest BCUT2D eigenvalue weighted by atomic mass is 16.6. The van der Waals surface area contributed by atoms with Gasteiger partial charge in [0, 0.05) is 5.69 Å². The van der Waals surface area contributed by atoms with Crippen molar-refractivity contribution in [2.24, 2.45) is 0 Å². The number of ether oxygens (including phenoxy) is 2. The van der Waals surface area contributed by atoms with Crippen LogP contribution in [0.2, 0.25) is 0 Å². The van der Waals surface area contributed by atoms with Crippen LogP contribution >= 0.6 is 0 Å². The summed E-state index contributed by atoms with van der Waals surface area (Å²) in [6, 6.07) is 16.2. The topological polar surface area (TPSA) is 59.0 Å². The van der Waals surface area contributed by atoms with Crippen LogP contribution < -0.4 is 9.64 Å². The second kappa shape index (κ2) is 8.92. The summed E-state index contributed by atoms with van der Waals surface area (Å²) < 4.78 is 11.0. The lowest BCUT2D eigenvalue weighted by molar-refractivity contribution is 0.0269. The fourth-order valence-corrected chi connectivity index (χ4v) is 3.81. The molecule has 2 atom stereocenters. The molecule has 30 heavy (non-hydrogen) atoms. The van der Waals surface area contributed by atoms with Crippen molar-refractivity contribution in [3.63, 3.8) is 0 Å². The Morgan fingerprint density at radius 2 is 1.77 bits per heavy atom. The van der Waals surface area contributed by atoms with Crippen molar-refractivity contribution in [1.29, 1.82) is 0 Å². The van der Waals surface area contributed by atoms with Crippen molar-refractivity contribution in [3.8, 4) is 5.75 Å². The van der Waals surface area contributed by atoms with Crippen molar-refractivity contribution < 1.29 is 19.4 Å². The molecule has 3 rings (SSSR count). The molecule has 0 bridgehead atoms. The maximum Gasteiger partial charge on any atom is 0.415 e. The number of rotatable bonds is 5. The molecule has 0 radical (unpaired) electrons. The molecular weight excluding hydrogens is 378 g/mol. The minimum absolute atomic E-state index is 0.506. The summed E-state index contributed by atoms with van der Waals surface area (Å²) in [5, 5.41) is 11.7. The summed E-state index contributed by atoms with van der Waals surface area (Å²) in [4.78, 5) is 15.0. The predicted octanol–water partition coefficient (Wildman–Crippen LogP) is 5.65. The van der Waals surface area contributed by atoms with Crippen LogP contribution in [0.1, 0.15) is 51.6 Å². The second-order valence-corrected chi connectivity index (χ2v) is 8.65. The molecule has 1 N–H and O–H groups in total. The van der Waals surface area contributed by atoms with Gasteiger partial charge in [-0.3, -0.25) is 4.90 Å². The normalized spacial score (nSPS) is 19.8. The largest absolute Gasteiger partial charge is 0.497 e. The number of nitrogens with zero attached hydrogens (tertiary/aromatic N) is 1. The second-order valence-electron chi connectivity index (χ2n) is 8.65. The van der Waals surface area contributed by atoms with Gasteiger partial charge in [0.15, 0.2) is 0 Å². The number of carbonyl (C=O) groups excluding carboxylic acids is 1. The van der Waals surface area contributed by atoms with Crippen LogP contribution in [-0.4, -0.2) is 29.5 Å². The van der Waals surface area contributed by atoms with Gasteiger partial charge in [0.1, 0.15) is 17.0 Å². The minimum Gasteiger partial charge on any atom is -0.497 e. The zero-order valence-electron chi connectivity index (χ0n) is 18.2. The monoisotopic (exact) mass is 409 g/mol. The lowest BCUT2D eigenvalue weighted by atomic mass is 9.80. The van der Waals surface area contributed by atoms with Gasteiger partial charge in [-0.2, -0.15) is 0 Å². The van der Waals surface area contributed by atoms with E-state index in [0.717, 1.165) is 18.4 Å². The molecule has 160 valence electrons. The van der Waals surface area contributed by atoms with Crippen LogP contribution in [0.3, 0.4) is 0 Å². The van der Waals surface area contributed by atoms with Gasteiger partial charge in [0.2, 0.25) is 0 Å². The van der Waals surface area contributed by atoms with Crippen LogP contribution in [-0.2, 0) is 4.74 Å². The van der Waals surface area contributed by atoms with Crippen LogP contribution in [0.4, 0.5) is 10.5 Å². The third-order valence-corrected chi connectivity index (χ3v) is 5.14. The summed E-state index contributed by atoms with van der Waals surface area (Å²) >= 11 is 0. The summed E-state index contributed by atoms with van der Waals surface area (Å²) in [5.74, 6) is 0.690. The van der Waals surface area contributed by atoms with Crippen molar-refractivity contribution >= 4 is 11.8 Å². The smallest absolute Gasteiger partial charge is 0.415 e. The molecular formula is C25H31NO4. The fraction of sp³-hybridized carbons (Fsp3) is 0.400. The van der Waals surface area contributed by atoms with Gasteiger partial charge in [-0.25, -0.2) is 4.79 Å². The minimum atomic E-state index is -1.21. The highest BCUT2D eigenvalue weighted by molar-refractivity contribution is 5.89. The van der Waals surface area contributed by atoms with Crippen LogP contribution in [0.25, 0.3) is 0 Å². The first-order valence-corrected chi connectivity index (χ1v) is 10.3. The summed E-state index contributed by atoms with van der Waals surface area (Å²) in [7, 11) is 1.60. The zero-order valence-corrected chi connectivity index (χ0v) is 18.2. The quantitative estimate of drug-likeness (QED) is 0.649. The number of benzene rings is 2. The maximum atomic E-state index is 13.5. The van der Waals surface area contributed by atoms with E-state index >= 15 is 0 Å². The molecule has 0 saturated carbocycles. The van der Waals surface area contributed by atoms with Crippen LogP contribution in [0.5, 0.6) is 5.75 Å². The number of aliphatic hydroxyl groups is 1. The Bertz CT molecular complexity index is 870. The molecule has 5 heteroatoms. The summed E-state index contributed by atoms with van der Waals surface area (Å²) in [6.45, 7) is 5.51. The Labute approximate surface area is 178 Å². The van der Waals surface area contributed by atoms with Crippen molar-refractivity contribution in [3.05, 3.63) is 72.3 Å². The molecule has 0 saturated heterocycles. The van der Waals surface area contributed by atoms with E-state index in [1.165, 1.54) is 0 Å². The fourth-order valence-electron chi connectivity index (χ4n) is 3.81. The molecule has 0 fully saturated rings. The maximum absolute atomic E-state index is 13.5. The highest BCUT2D eigenvalue weighted by Gasteiger charge is 2.44. The van der Waals surface area contributed by atoms with E-state index in [1.807, 2.05) is 75.4 Å². The number of carbonyl (C=O) groups is 1. The Kier molecular flexibility index (Phi) is 6.52. The number of hydrogen-bond donors (Lipinski definition) is 1. The van der Waals surface area contributed by atoms with Gasteiger partial charge >= 0.3 is 6.09 Å². The first-order valence-electron chi connectivity index (χ1n) is 10.3. The zero-order chi connectivity index (χ0) is 21.8. The standard InChI is InChI=1S/C25H31NO4/c1-24(2,3)30-23(27)26(20-13-15-21(29-4)16-14-20)22(19-11-7-5-8-12-19)25(28)17-9-6-10-18-25/h5,7-9,11-17,22,28H,6,10,18H2,1-4H3. The van der Waals surface area contributed by atoms with E-state index in [0.29, 0.717) is 17.9 Å². The van der Waals surface area contributed by atoms with E-state index < -0.39 is 23.3 Å². The van der Waals surface area contributed by atoms with Gasteiger partial charge < -0.3 is 14.6 Å². The molecule has 2 aromatic rings. The SMILES string of the molecule is COc1ccc(N(C(=O)OC(C)(C)C)C(c2ccccc2)C2(O)C=CCCC2)cc1. The Balaban J connectivity index is 2.15. The first kappa shape index (κ1) is 21.9. The average molecular weight is 410 g/mol. The number of hydrogen-bond acceptors (Lipinski definition) is 4. The Morgan fingerprint density at radius 3 is 2.30 bits per heavy atom. The van der Waals surface area contributed by atoms with Gasteiger partial charge in [-0.15, -0.1) is 0 Å². The summed E-state index contributed by atoms with van der Waals surface area (Å²) in [5.41, 5.74) is -0.413. The number of allylic oxidation sites excluding steroid dienone is 1. The molecule has 1 amide bonds. The molecule has 0 aliphatic heterocycles. The molecule has 0 aromatic heterocycles. The van der Waals surface area contributed by atoms with E-state index in [2.05, 4.69) is 0 Å². The van der Waals surface area contributed by atoms with E-state index in [1.54, 1.807) is 24.1 Å². The third-order valence-electron chi connectivity index (χ3n) is 5.14. The molecule has 2 unspecified atom stereocenters. The Hall–Kier alpha value is -2.79. The van der Waals surface area contributed by atoms with E-state index in [-0.39, 0.29) is 0 Å². The Morgan fingerprint density at radius 1 is 1.10 bits per heavy atom. The number of methoxy groups -OCH3 is 1. The number of anilines is 1. The van der Waals surface area contributed by atoms with Crippen molar-refractivity contribution in [2.75, 3.05) is 12.0 Å². The van der Waals surface area contributed by atoms with E-state index in [9.17, 15) is 9.90 Å². The van der Waals surface area contributed by atoms with Gasteiger partial charge in [-0.1, -0.05) is 42.5 Å². The first-order chi connectivity index (χ1) is 14.2. The van der Waals surface area contributed by atoms with Gasteiger partial charge in [0.05, 0.1) is 13.2 Å². The summed E-state index contributed by atoms with van der Waals surface area (Å²) in [6.07, 6.45) is 5.63. The van der Waals surface area contributed by atoms with Crippen molar-refractivity contribution in [2.45, 2.75) is 57.3 Å². The molecule has 0 spiro atoms. The van der Waals surface area contributed by atoms with Crippen molar-refractivity contribution in [1.82, 2.24) is 0 Å². The predicted molar refractivity (Wildman–Crippen MR) is 119 cm³/mol. The highest BCUT2D eigenvalue weighted by Crippen LogP contribution is 2.42. The molecule has 2 aromatic carbocycles. The number of amides is 1. The van der Waals surface area contributed by atoms with Gasteiger partial charge in [0.25, 0.3) is 0 Å². The molecule has 1 aliphatic rings. The van der Waals surface area contributed by atoms with E-state index in [4.69, 9.17) is 9.47 Å². The average Bonchev–Trinajstić information content (AvgIpc) is 2.71. The van der Waals surface area contributed by atoms with Gasteiger partial charge in [-0.05, 0) is 69.9 Å². The lowest BCUT2D eigenvalue weighted by Crippen LogP contribution is -2.50. The molecule has 0 heterocycles. The molecule has 1 aliphatic carbocycles. The van der Waals surface area contributed by atoms with Crippen LogP contribution in [0, 0.1) is 0 Å². The lowest BCUT2D eigenvalue weighted by Gasteiger charge is -2.43. The third kappa shape index (κ3) is 5.03. The van der Waals surface area contributed by atoms with Crippen LogP contribution in [0.15, 0.2) is 66.7 Å².